The van der Waals surface area contributed by atoms with Gasteiger partial charge in [0.2, 0.25) is 11.8 Å². The van der Waals surface area contributed by atoms with Crippen LogP contribution in [0, 0.1) is 13.8 Å². The second-order valence-corrected chi connectivity index (χ2v) is 8.45. The van der Waals surface area contributed by atoms with Crippen LogP contribution in [0.4, 0.5) is 0 Å². The van der Waals surface area contributed by atoms with Crippen LogP contribution >= 0.6 is 0 Å². The van der Waals surface area contributed by atoms with Crippen LogP contribution in [-0.4, -0.2) is 45.0 Å². The lowest BCUT2D eigenvalue weighted by Gasteiger charge is -2.36. The smallest absolute Gasteiger partial charge is 0.250 e. The molecule has 0 N–H and O–H groups in total. The highest BCUT2D eigenvalue weighted by Gasteiger charge is 2.34. The number of carbonyl (C=O) groups excluding carboxylic acids is 2. The van der Waals surface area contributed by atoms with E-state index in [-0.39, 0.29) is 11.8 Å². The molecule has 0 radical (unpaired) electrons. The van der Waals surface area contributed by atoms with Crippen molar-refractivity contribution in [2.75, 3.05) is 13.6 Å². The minimum Gasteiger partial charge on any atom is -0.339 e. The lowest BCUT2D eigenvalue weighted by atomic mass is 9.99. The van der Waals surface area contributed by atoms with Gasteiger partial charge in [0.25, 0.3) is 0 Å². The first-order valence-corrected chi connectivity index (χ1v) is 11.2. The Bertz CT molecular complexity index is 1090. The number of aryl methyl sites for hydroxylation is 1. The van der Waals surface area contributed by atoms with Crippen molar-refractivity contribution in [1.29, 1.82) is 0 Å². The fourth-order valence-electron chi connectivity index (χ4n) is 4.44. The average Bonchev–Trinajstić information content (AvgIpc) is 3.10. The molecule has 3 aromatic rings. The summed E-state index contributed by atoms with van der Waals surface area (Å²) >= 11 is 0. The Hall–Kier alpha value is -3.41. The summed E-state index contributed by atoms with van der Waals surface area (Å²) in [5.41, 5.74) is 4.79. The van der Waals surface area contributed by atoms with Crippen molar-refractivity contribution < 1.29 is 9.59 Å². The first-order valence-electron chi connectivity index (χ1n) is 11.2. The Labute approximate surface area is 189 Å². The number of amides is 2. The van der Waals surface area contributed by atoms with E-state index in [9.17, 15) is 9.59 Å². The monoisotopic (exact) mass is 430 g/mol. The first-order chi connectivity index (χ1) is 15.5. The maximum Gasteiger partial charge on any atom is 0.250 e. The number of hydrogen-bond acceptors (Lipinski definition) is 3. The zero-order valence-electron chi connectivity index (χ0n) is 19.0. The van der Waals surface area contributed by atoms with Crippen molar-refractivity contribution in [3.05, 3.63) is 83.2 Å². The van der Waals surface area contributed by atoms with Gasteiger partial charge in [-0.25, -0.2) is 4.68 Å². The van der Waals surface area contributed by atoms with Gasteiger partial charge in [0.1, 0.15) is 6.04 Å². The third-order valence-corrected chi connectivity index (χ3v) is 6.23. The molecular formula is C26H30N4O2. The van der Waals surface area contributed by atoms with Gasteiger partial charge in [-0.3, -0.25) is 9.59 Å². The van der Waals surface area contributed by atoms with E-state index in [0.29, 0.717) is 19.5 Å². The number of likely N-dealkylation sites (tertiary alicyclic amines) is 1. The number of piperidine rings is 1. The molecule has 6 heteroatoms. The normalized spacial score (nSPS) is 15.0. The Balaban J connectivity index is 1.62. The molecule has 166 valence electrons. The van der Waals surface area contributed by atoms with E-state index in [1.807, 2.05) is 86.2 Å². The Kier molecular flexibility index (Phi) is 6.40. The molecular weight excluding hydrogens is 400 g/mol. The number of rotatable bonds is 6. The summed E-state index contributed by atoms with van der Waals surface area (Å²) in [6, 6.07) is 19.0. The van der Waals surface area contributed by atoms with Crippen LogP contribution in [0.2, 0.25) is 0 Å². The van der Waals surface area contributed by atoms with E-state index < -0.39 is 6.04 Å². The standard InChI is InChI=1S/C26H30N4O2/c1-19-23(20(2)30(27-19)22-14-8-5-9-15-22)18-28(3)26(32)25(21-12-6-4-7-13-21)29-17-11-10-16-24(29)31/h4-9,12-15,25H,10-11,16-18H2,1-3H3. The average molecular weight is 431 g/mol. The fourth-order valence-corrected chi connectivity index (χ4v) is 4.44. The van der Waals surface area contributed by atoms with Crippen molar-refractivity contribution in [2.24, 2.45) is 0 Å². The molecule has 0 spiro atoms. The van der Waals surface area contributed by atoms with Crippen molar-refractivity contribution in [1.82, 2.24) is 19.6 Å². The number of carbonyl (C=O) groups is 2. The van der Waals surface area contributed by atoms with Crippen molar-refractivity contribution in [2.45, 2.75) is 45.7 Å². The van der Waals surface area contributed by atoms with Crippen LogP contribution in [0.25, 0.3) is 5.69 Å². The van der Waals surface area contributed by atoms with Crippen LogP contribution in [0.15, 0.2) is 60.7 Å². The van der Waals surface area contributed by atoms with E-state index in [1.165, 1.54) is 0 Å². The third kappa shape index (κ3) is 4.31. The van der Waals surface area contributed by atoms with Crippen LogP contribution in [0.5, 0.6) is 0 Å². The number of aromatic nitrogens is 2. The number of benzene rings is 2. The van der Waals surface area contributed by atoms with Gasteiger partial charge >= 0.3 is 0 Å². The predicted molar refractivity (Wildman–Crippen MR) is 124 cm³/mol. The molecule has 0 bridgehead atoms. The molecule has 1 aliphatic rings. The second-order valence-electron chi connectivity index (χ2n) is 8.45. The summed E-state index contributed by atoms with van der Waals surface area (Å²) in [5, 5.41) is 4.71. The molecule has 1 aromatic heterocycles. The molecule has 32 heavy (non-hydrogen) atoms. The van der Waals surface area contributed by atoms with Gasteiger partial charge in [-0.05, 0) is 44.4 Å². The van der Waals surface area contributed by atoms with Gasteiger partial charge in [-0.2, -0.15) is 5.10 Å². The van der Waals surface area contributed by atoms with Crippen LogP contribution in [-0.2, 0) is 16.1 Å². The summed E-state index contributed by atoms with van der Waals surface area (Å²) in [6.07, 6.45) is 2.31. The Morgan fingerprint density at radius 3 is 2.34 bits per heavy atom. The molecule has 0 saturated carbocycles. The molecule has 1 aliphatic heterocycles. The van der Waals surface area contributed by atoms with Crippen LogP contribution < -0.4 is 0 Å². The van der Waals surface area contributed by atoms with Crippen LogP contribution in [0.1, 0.15) is 47.8 Å². The summed E-state index contributed by atoms with van der Waals surface area (Å²) < 4.78 is 1.92. The molecule has 4 rings (SSSR count). The first kappa shape index (κ1) is 21.8. The van der Waals surface area contributed by atoms with E-state index in [2.05, 4.69) is 0 Å². The Morgan fingerprint density at radius 1 is 1.03 bits per heavy atom. The van der Waals surface area contributed by atoms with Gasteiger partial charge in [0, 0.05) is 37.8 Å². The summed E-state index contributed by atoms with van der Waals surface area (Å²) in [5.74, 6) is -0.0196. The summed E-state index contributed by atoms with van der Waals surface area (Å²) in [7, 11) is 1.81. The van der Waals surface area contributed by atoms with E-state index in [4.69, 9.17) is 5.10 Å². The molecule has 1 unspecified atom stereocenters. The summed E-state index contributed by atoms with van der Waals surface area (Å²) in [6.45, 7) is 5.06. The fraction of sp³-hybridized carbons (Fsp3) is 0.346. The minimum absolute atomic E-state index is 0.0520. The van der Waals surface area contributed by atoms with Gasteiger partial charge in [-0.15, -0.1) is 0 Å². The third-order valence-electron chi connectivity index (χ3n) is 6.23. The van der Waals surface area contributed by atoms with Crippen LogP contribution in [0.3, 0.4) is 0 Å². The molecule has 2 amide bonds. The second kappa shape index (κ2) is 9.39. The lowest BCUT2D eigenvalue weighted by molar-refractivity contribution is -0.147. The Morgan fingerprint density at radius 2 is 1.69 bits per heavy atom. The van der Waals surface area contributed by atoms with Gasteiger partial charge < -0.3 is 9.80 Å². The van der Waals surface area contributed by atoms with Gasteiger partial charge in [0.05, 0.1) is 11.4 Å². The molecule has 6 nitrogen and oxygen atoms in total. The molecule has 1 saturated heterocycles. The SMILES string of the molecule is Cc1nn(-c2ccccc2)c(C)c1CN(C)C(=O)C(c1ccccc1)N1CCCCC1=O. The maximum atomic E-state index is 13.7. The molecule has 2 heterocycles. The van der Waals surface area contributed by atoms with Gasteiger partial charge in [0.15, 0.2) is 0 Å². The van der Waals surface area contributed by atoms with Crippen molar-refractivity contribution in [3.8, 4) is 5.69 Å². The van der Waals surface area contributed by atoms with Gasteiger partial charge in [-0.1, -0.05) is 48.5 Å². The van der Waals surface area contributed by atoms with Crippen molar-refractivity contribution in [3.63, 3.8) is 0 Å². The molecule has 1 fully saturated rings. The number of likely N-dealkylation sites (N-methyl/N-ethyl adjacent to an activating group) is 1. The lowest BCUT2D eigenvalue weighted by Crippen LogP contribution is -2.46. The minimum atomic E-state index is -0.598. The summed E-state index contributed by atoms with van der Waals surface area (Å²) in [4.78, 5) is 29.9. The number of hydrogen-bond donors (Lipinski definition) is 0. The zero-order valence-corrected chi connectivity index (χ0v) is 19.0. The zero-order chi connectivity index (χ0) is 22.7. The molecule has 2 aromatic carbocycles. The largest absolute Gasteiger partial charge is 0.339 e. The highest BCUT2D eigenvalue weighted by molar-refractivity contribution is 5.89. The maximum absolute atomic E-state index is 13.7. The van der Waals surface area contributed by atoms with E-state index >= 15 is 0 Å². The van der Waals surface area contributed by atoms with E-state index in [1.54, 1.807) is 9.80 Å². The highest BCUT2D eigenvalue weighted by atomic mass is 16.2. The predicted octanol–water partition coefficient (Wildman–Crippen LogP) is 4.20. The quantitative estimate of drug-likeness (QED) is 0.589. The highest BCUT2D eigenvalue weighted by Crippen LogP contribution is 2.28. The van der Waals surface area contributed by atoms with Crippen molar-refractivity contribution >= 4 is 11.8 Å². The van der Waals surface area contributed by atoms with E-state index in [0.717, 1.165) is 41.0 Å². The molecule has 0 aliphatic carbocycles. The number of para-hydroxylation sites is 1. The molecule has 1 atom stereocenters. The topological polar surface area (TPSA) is 58.4 Å². The number of nitrogens with zero attached hydrogens (tertiary/aromatic N) is 4.